The second kappa shape index (κ2) is 8.70. The Balaban J connectivity index is 2.25. The fraction of sp³-hybridized carbons (Fsp3) is 0.500. The number of ether oxygens (including phenoxy) is 2. The van der Waals surface area contributed by atoms with Gasteiger partial charge in [-0.05, 0) is 44.5 Å². The van der Waals surface area contributed by atoms with Gasteiger partial charge in [-0.2, -0.15) is 0 Å². The smallest absolute Gasteiger partial charge is 0.268 e. The number of carbonyl (C=O) groups is 1. The summed E-state index contributed by atoms with van der Waals surface area (Å²) in [6.07, 6.45) is 0. The summed E-state index contributed by atoms with van der Waals surface area (Å²) in [4.78, 5) is 12.6. The monoisotopic (exact) mass is 334 g/mol. The molecule has 132 valence electrons. The molecule has 0 atom stereocenters. The molecule has 0 fully saturated rings. The summed E-state index contributed by atoms with van der Waals surface area (Å²) in [6.45, 7) is 8.32. The Labute approximate surface area is 142 Å². The first-order chi connectivity index (χ1) is 11.6. The third kappa shape index (κ3) is 3.88. The maximum atomic E-state index is 12.6. The molecular weight excluding hydrogens is 308 g/mol. The van der Waals surface area contributed by atoms with Gasteiger partial charge in [-0.15, -0.1) is 0 Å². The van der Waals surface area contributed by atoms with Crippen LogP contribution in [0.2, 0.25) is 0 Å². The summed E-state index contributed by atoms with van der Waals surface area (Å²) >= 11 is 0. The van der Waals surface area contributed by atoms with Crippen molar-refractivity contribution in [2.45, 2.75) is 27.3 Å². The molecule has 0 radical (unpaired) electrons. The Bertz CT molecular complexity index is 694. The number of aliphatic hydroxyl groups is 1. The number of aryl methyl sites for hydroxylation is 2. The van der Waals surface area contributed by atoms with E-state index in [0.717, 1.165) is 22.2 Å². The quantitative estimate of drug-likeness (QED) is 0.689. The van der Waals surface area contributed by atoms with Crippen LogP contribution in [0.25, 0.3) is 10.9 Å². The number of amides is 1. The van der Waals surface area contributed by atoms with E-state index in [1.54, 1.807) is 0 Å². The second-order valence-electron chi connectivity index (χ2n) is 5.42. The molecule has 1 aromatic carbocycles. The molecule has 1 aromatic heterocycles. The number of nitrogens with one attached hydrogen (secondary N) is 1. The largest absolute Gasteiger partial charge is 0.494 e. The zero-order chi connectivity index (χ0) is 17.5. The van der Waals surface area contributed by atoms with E-state index in [1.165, 1.54) is 0 Å². The first-order valence-corrected chi connectivity index (χ1v) is 8.36. The van der Waals surface area contributed by atoms with Gasteiger partial charge in [0.05, 0.1) is 26.4 Å². The van der Waals surface area contributed by atoms with Gasteiger partial charge in [0.1, 0.15) is 11.4 Å². The lowest BCUT2D eigenvalue weighted by Gasteiger charge is -2.10. The van der Waals surface area contributed by atoms with Crippen molar-refractivity contribution in [1.29, 1.82) is 0 Å². The zero-order valence-corrected chi connectivity index (χ0v) is 14.6. The van der Waals surface area contributed by atoms with Crippen LogP contribution in [0.4, 0.5) is 0 Å². The minimum absolute atomic E-state index is 0.0146. The normalized spacial score (nSPS) is 11.0. The standard InChI is InChI=1S/C18H26N2O4/c1-4-20-16-7-6-14(24-5-2)12-15(16)13(3)17(20)18(22)19-8-10-23-11-9-21/h6-7,12,21H,4-5,8-11H2,1-3H3,(H,19,22). The van der Waals surface area contributed by atoms with Crippen molar-refractivity contribution < 1.29 is 19.4 Å². The van der Waals surface area contributed by atoms with Crippen molar-refractivity contribution in [1.82, 2.24) is 9.88 Å². The first-order valence-electron chi connectivity index (χ1n) is 8.36. The fourth-order valence-electron chi connectivity index (χ4n) is 2.87. The highest BCUT2D eigenvalue weighted by atomic mass is 16.5. The Morgan fingerprint density at radius 1 is 1.29 bits per heavy atom. The van der Waals surface area contributed by atoms with Crippen LogP contribution < -0.4 is 10.1 Å². The number of aliphatic hydroxyl groups excluding tert-OH is 1. The molecule has 0 saturated heterocycles. The van der Waals surface area contributed by atoms with Crippen LogP contribution in [0, 0.1) is 6.92 Å². The number of rotatable bonds is 9. The Kier molecular flexibility index (Phi) is 6.63. The Morgan fingerprint density at radius 2 is 2.08 bits per heavy atom. The van der Waals surface area contributed by atoms with Crippen molar-refractivity contribution >= 4 is 16.8 Å². The molecule has 6 nitrogen and oxygen atoms in total. The van der Waals surface area contributed by atoms with Gasteiger partial charge in [-0.3, -0.25) is 4.79 Å². The SMILES string of the molecule is CCOc1ccc2c(c1)c(C)c(C(=O)NCCOCCO)n2CC. The van der Waals surface area contributed by atoms with Gasteiger partial charge in [0.15, 0.2) is 0 Å². The number of hydrogen-bond donors (Lipinski definition) is 2. The molecule has 6 heteroatoms. The number of aromatic nitrogens is 1. The van der Waals surface area contributed by atoms with E-state index >= 15 is 0 Å². The maximum Gasteiger partial charge on any atom is 0.268 e. The molecule has 0 bridgehead atoms. The Morgan fingerprint density at radius 3 is 2.75 bits per heavy atom. The Hall–Kier alpha value is -2.05. The number of benzene rings is 1. The van der Waals surface area contributed by atoms with Gasteiger partial charge >= 0.3 is 0 Å². The number of nitrogens with zero attached hydrogens (tertiary/aromatic N) is 1. The molecule has 1 amide bonds. The van der Waals surface area contributed by atoms with Crippen molar-refractivity contribution in [3.8, 4) is 5.75 Å². The van der Waals surface area contributed by atoms with Gasteiger partial charge in [-0.25, -0.2) is 0 Å². The van der Waals surface area contributed by atoms with Crippen molar-refractivity contribution in [3.63, 3.8) is 0 Å². The van der Waals surface area contributed by atoms with Crippen LogP contribution in [-0.2, 0) is 11.3 Å². The topological polar surface area (TPSA) is 72.7 Å². The summed E-state index contributed by atoms with van der Waals surface area (Å²) in [6, 6.07) is 5.92. The highest BCUT2D eigenvalue weighted by molar-refractivity contribution is 6.02. The average molecular weight is 334 g/mol. The van der Waals surface area contributed by atoms with Crippen LogP contribution in [0.15, 0.2) is 18.2 Å². The molecule has 0 saturated carbocycles. The minimum atomic E-state index is -0.115. The lowest BCUT2D eigenvalue weighted by atomic mass is 10.1. The maximum absolute atomic E-state index is 12.6. The van der Waals surface area contributed by atoms with Crippen LogP contribution >= 0.6 is 0 Å². The van der Waals surface area contributed by atoms with Gasteiger partial charge in [0.2, 0.25) is 0 Å². The average Bonchev–Trinajstić information content (AvgIpc) is 2.86. The summed E-state index contributed by atoms with van der Waals surface area (Å²) in [7, 11) is 0. The van der Waals surface area contributed by atoms with E-state index in [2.05, 4.69) is 5.32 Å². The highest BCUT2D eigenvalue weighted by Crippen LogP contribution is 2.29. The predicted octanol–water partition coefficient (Wildman–Crippen LogP) is 2.11. The van der Waals surface area contributed by atoms with E-state index in [-0.39, 0.29) is 19.1 Å². The molecule has 0 aliphatic heterocycles. The predicted molar refractivity (Wildman–Crippen MR) is 93.8 cm³/mol. The van der Waals surface area contributed by atoms with E-state index in [1.807, 2.05) is 43.5 Å². The third-order valence-electron chi connectivity index (χ3n) is 3.90. The van der Waals surface area contributed by atoms with Crippen LogP contribution in [0.3, 0.4) is 0 Å². The van der Waals surface area contributed by atoms with E-state index in [4.69, 9.17) is 14.6 Å². The summed E-state index contributed by atoms with van der Waals surface area (Å²) in [5.74, 6) is 0.696. The lowest BCUT2D eigenvalue weighted by molar-refractivity contribution is 0.0832. The van der Waals surface area contributed by atoms with Crippen LogP contribution in [0.1, 0.15) is 29.9 Å². The molecule has 0 aliphatic rings. The highest BCUT2D eigenvalue weighted by Gasteiger charge is 2.19. The molecule has 0 aliphatic carbocycles. The van der Waals surface area contributed by atoms with Gasteiger partial charge in [0, 0.05) is 24.0 Å². The molecule has 2 aromatic rings. The molecule has 0 unspecified atom stereocenters. The molecule has 2 rings (SSSR count). The van der Waals surface area contributed by atoms with Gasteiger partial charge in [-0.1, -0.05) is 0 Å². The number of fused-ring (bicyclic) bond motifs is 1. The van der Waals surface area contributed by atoms with Crippen LogP contribution in [0.5, 0.6) is 5.75 Å². The van der Waals surface area contributed by atoms with E-state index < -0.39 is 0 Å². The van der Waals surface area contributed by atoms with Crippen molar-refractivity contribution in [3.05, 3.63) is 29.5 Å². The summed E-state index contributed by atoms with van der Waals surface area (Å²) in [5.41, 5.74) is 2.64. The molecular formula is C18H26N2O4. The third-order valence-corrected chi connectivity index (χ3v) is 3.90. The second-order valence-corrected chi connectivity index (χ2v) is 5.42. The summed E-state index contributed by atoms with van der Waals surface area (Å²) < 4.78 is 12.8. The van der Waals surface area contributed by atoms with Crippen LogP contribution in [-0.4, -0.2) is 48.6 Å². The van der Waals surface area contributed by atoms with Gasteiger partial charge < -0.3 is 24.5 Å². The summed E-state index contributed by atoms with van der Waals surface area (Å²) in [5, 5.41) is 12.6. The molecule has 2 N–H and O–H groups in total. The van der Waals surface area contributed by atoms with Gasteiger partial charge in [0.25, 0.3) is 5.91 Å². The molecule has 0 spiro atoms. The molecule has 24 heavy (non-hydrogen) atoms. The zero-order valence-electron chi connectivity index (χ0n) is 14.6. The number of carbonyl (C=O) groups excluding carboxylic acids is 1. The minimum Gasteiger partial charge on any atom is -0.494 e. The number of hydrogen-bond acceptors (Lipinski definition) is 4. The molecule has 1 heterocycles. The lowest BCUT2D eigenvalue weighted by Crippen LogP contribution is -2.30. The fourth-order valence-corrected chi connectivity index (χ4v) is 2.87. The van der Waals surface area contributed by atoms with Crippen molar-refractivity contribution in [2.75, 3.05) is 33.0 Å². The first kappa shape index (κ1) is 18.3. The van der Waals surface area contributed by atoms with Crippen molar-refractivity contribution in [2.24, 2.45) is 0 Å². The van der Waals surface area contributed by atoms with E-state index in [9.17, 15) is 4.79 Å². The van der Waals surface area contributed by atoms with E-state index in [0.29, 0.717) is 32.0 Å².